The van der Waals surface area contributed by atoms with Gasteiger partial charge < -0.3 is 21.3 Å². The lowest BCUT2D eigenvalue weighted by atomic mass is 10.1. The number of carbonyl (C=O) groups is 1. The Morgan fingerprint density at radius 1 is 1.24 bits per heavy atom. The number of halogens is 3. The highest BCUT2D eigenvalue weighted by Crippen LogP contribution is 2.36. The molecule has 1 aromatic heterocycles. The molecule has 0 saturated heterocycles. The van der Waals surface area contributed by atoms with Gasteiger partial charge >= 0.3 is 12.1 Å². The normalized spacial score (nSPS) is 13.9. The zero-order chi connectivity index (χ0) is 18.6. The van der Waals surface area contributed by atoms with Gasteiger partial charge in [0.2, 0.25) is 17.9 Å². The third kappa shape index (κ3) is 5.05. The second-order valence-corrected chi connectivity index (χ2v) is 5.15. The number of benzene rings is 1. The number of aliphatic carboxylic acids is 1. The Hall–Kier alpha value is -2.88. The third-order valence-electron chi connectivity index (χ3n) is 3.16. The Balaban J connectivity index is 2.30. The van der Waals surface area contributed by atoms with E-state index in [1.54, 1.807) is 6.07 Å². The number of carboxylic acid groups (broad SMARTS) is 1. The molecular weight excluding hydrogens is 341 g/mol. The molecule has 25 heavy (non-hydrogen) atoms. The quantitative estimate of drug-likeness (QED) is 0.719. The average Bonchev–Trinajstić information content (AvgIpc) is 2.51. The van der Waals surface area contributed by atoms with Crippen molar-refractivity contribution in [2.24, 2.45) is 5.73 Å². The van der Waals surface area contributed by atoms with Crippen molar-refractivity contribution in [1.29, 1.82) is 0 Å². The number of alkyl halides is 3. The second-order valence-electron chi connectivity index (χ2n) is 5.15. The molecule has 0 bridgehead atoms. The molecule has 2 atom stereocenters. The molecule has 7 nitrogen and oxygen atoms in total. The predicted octanol–water partition coefficient (Wildman–Crippen LogP) is 1.70. The minimum atomic E-state index is -4.70. The molecule has 2 aromatic rings. The Bertz CT molecular complexity index is 741. The molecule has 5 N–H and O–H groups in total. The molecule has 0 spiro atoms. The highest BCUT2D eigenvalue weighted by Gasteiger charge is 2.43. The highest BCUT2D eigenvalue weighted by molar-refractivity contribution is 5.73. The van der Waals surface area contributed by atoms with Gasteiger partial charge in [0.25, 0.3) is 0 Å². The number of anilines is 1. The maximum absolute atomic E-state index is 13.3. The number of nitrogen functional groups attached to an aromatic ring is 1. The van der Waals surface area contributed by atoms with Crippen LogP contribution in [-0.4, -0.2) is 33.3 Å². The molecule has 134 valence electrons. The molecular formula is C15H15F3N4O3. The lowest BCUT2D eigenvalue weighted by molar-refractivity contribution is -0.198. The van der Waals surface area contributed by atoms with E-state index < -0.39 is 30.2 Å². The van der Waals surface area contributed by atoms with E-state index in [0.29, 0.717) is 0 Å². The summed E-state index contributed by atoms with van der Waals surface area (Å²) in [6.45, 7) is 0. The van der Waals surface area contributed by atoms with Crippen LogP contribution in [0.1, 0.15) is 17.4 Å². The summed E-state index contributed by atoms with van der Waals surface area (Å²) in [4.78, 5) is 18.2. The molecule has 10 heteroatoms. The van der Waals surface area contributed by atoms with E-state index in [-0.39, 0.29) is 23.6 Å². The van der Waals surface area contributed by atoms with Crippen molar-refractivity contribution in [1.82, 2.24) is 9.97 Å². The maximum atomic E-state index is 13.3. The van der Waals surface area contributed by atoms with Gasteiger partial charge in [-0.3, -0.25) is 4.79 Å². The van der Waals surface area contributed by atoms with Crippen molar-refractivity contribution in [2.75, 3.05) is 5.73 Å². The first-order valence-electron chi connectivity index (χ1n) is 7.07. The summed E-state index contributed by atoms with van der Waals surface area (Å²) >= 11 is 0. The second kappa shape index (κ2) is 7.34. The van der Waals surface area contributed by atoms with Crippen LogP contribution in [0.4, 0.5) is 19.1 Å². The predicted molar refractivity (Wildman–Crippen MR) is 81.6 cm³/mol. The summed E-state index contributed by atoms with van der Waals surface area (Å²) in [7, 11) is 0. The Labute approximate surface area is 140 Å². The first kappa shape index (κ1) is 18.5. The fraction of sp³-hybridized carbons (Fsp3) is 0.267. The monoisotopic (exact) mass is 356 g/mol. The zero-order valence-corrected chi connectivity index (χ0v) is 12.8. The minimum Gasteiger partial charge on any atom is -0.480 e. The lowest BCUT2D eigenvalue weighted by Crippen LogP contribution is -2.32. The van der Waals surface area contributed by atoms with Crippen LogP contribution in [0.25, 0.3) is 0 Å². The van der Waals surface area contributed by atoms with Gasteiger partial charge in [0, 0.05) is 18.1 Å². The molecule has 0 radical (unpaired) electrons. The van der Waals surface area contributed by atoms with Crippen LogP contribution in [0.5, 0.6) is 5.88 Å². The van der Waals surface area contributed by atoms with Crippen LogP contribution in [0.3, 0.4) is 0 Å². The van der Waals surface area contributed by atoms with Gasteiger partial charge in [-0.25, -0.2) is 4.98 Å². The van der Waals surface area contributed by atoms with E-state index in [4.69, 9.17) is 21.3 Å². The van der Waals surface area contributed by atoms with Crippen LogP contribution in [-0.2, 0) is 11.2 Å². The van der Waals surface area contributed by atoms with Crippen molar-refractivity contribution >= 4 is 11.9 Å². The third-order valence-corrected chi connectivity index (χ3v) is 3.16. The van der Waals surface area contributed by atoms with E-state index in [0.717, 1.165) is 6.07 Å². The average molecular weight is 356 g/mol. The van der Waals surface area contributed by atoms with Crippen LogP contribution in [0, 0.1) is 0 Å². The van der Waals surface area contributed by atoms with Crippen LogP contribution >= 0.6 is 0 Å². The van der Waals surface area contributed by atoms with Crippen molar-refractivity contribution < 1.29 is 27.8 Å². The van der Waals surface area contributed by atoms with Gasteiger partial charge in [-0.2, -0.15) is 18.2 Å². The number of nitrogens with zero attached hydrogens (tertiary/aromatic N) is 2. The number of aromatic nitrogens is 2. The number of hydrogen-bond acceptors (Lipinski definition) is 6. The van der Waals surface area contributed by atoms with Crippen LogP contribution in [0.2, 0.25) is 0 Å². The molecule has 0 fully saturated rings. The van der Waals surface area contributed by atoms with E-state index in [9.17, 15) is 18.0 Å². The first-order chi connectivity index (χ1) is 11.7. The Morgan fingerprint density at radius 3 is 2.44 bits per heavy atom. The van der Waals surface area contributed by atoms with Gasteiger partial charge in [0.1, 0.15) is 6.04 Å². The van der Waals surface area contributed by atoms with E-state index >= 15 is 0 Å². The summed E-state index contributed by atoms with van der Waals surface area (Å²) in [5.74, 6) is -2.05. The lowest BCUT2D eigenvalue weighted by Gasteiger charge is -2.22. The molecule has 2 rings (SSSR count). The smallest absolute Gasteiger partial charge is 0.429 e. The SMILES string of the molecule is Nc1nc(C[C@H](N)C(=O)O)cc(OC(c2ccccc2)C(F)(F)F)n1. The van der Waals surface area contributed by atoms with Crippen LogP contribution in [0.15, 0.2) is 36.4 Å². The Morgan fingerprint density at radius 2 is 1.88 bits per heavy atom. The van der Waals surface area contributed by atoms with Gasteiger partial charge in [0.05, 0.1) is 5.69 Å². The Kier molecular flexibility index (Phi) is 5.42. The molecule has 1 heterocycles. The fourth-order valence-electron chi connectivity index (χ4n) is 2.04. The summed E-state index contributed by atoms with van der Waals surface area (Å²) in [5, 5.41) is 8.80. The molecule has 0 aliphatic heterocycles. The summed E-state index contributed by atoms with van der Waals surface area (Å²) in [5.41, 5.74) is 10.8. The van der Waals surface area contributed by atoms with Gasteiger partial charge in [-0.05, 0) is 0 Å². The summed E-state index contributed by atoms with van der Waals surface area (Å²) < 4.78 is 44.9. The molecule has 1 aromatic carbocycles. The number of ether oxygens (including phenoxy) is 1. The minimum absolute atomic E-state index is 0.0615. The molecule has 0 aliphatic carbocycles. The van der Waals surface area contributed by atoms with Gasteiger partial charge in [-0.15, -0.1) is 0 Å². The van der Waals surface area contributed by atoms with Crippen molar-refractivity contribution in [3.63, 3.8) is 0 Å². The molecule has 0 aliphatic rings. The van der Waals surface area contributed by atoms with Gasteiger partial charge in [0.15, 0.2) is 0 Å². The number of hydrogen-bond donors (Lipinski definition) is 3. The van der Waals surface area contributed by atoms with E-state index in [2.05, 4.69) is 9.97 Å². The topological polar surface area (TPSA) is 124 Å². The van der Waals surface area contributed by atoms with Crippen molar-refractivity contribution in [3.05, 3.63) is 47.7 Å². The maximum Gasteiger partial charge on any atom is 0.429 e. The van der Waals surface area contributed by atoms with E-state index in [1.807, 2.05) is 0 Å². The number of rotatable bonds is 6. The van der Waals surface area contributed by atoms with E-state index in [1.165, 1.54) is 24.3 Å². The molecule has 0 saturated carbocycles. The number of carboxylic acids is 1. The largest absolute Gasteiger partial charge is 0.480 e. The highest BCUT2D eigenvalue weighted by atomic mass is 19.4. The van der Waals surface area contributed by atoms with Crippen molar-refractivity contribution in [3.8, 4) is 5.88 Å². The van der Waals surface area contributed by atoms with Crippen molar-refractivity contribution in [2.45, 2.75) is 24.7 Å². The number of nitrogens with two attached hydrogens (primary N) is 2. The first-order valence-corrected chi connectivity index (χ1v) is 7.07. The summed E-state index contributed by atoms with van der Waals surface area (Å²) in [6, 6.07) is 6.81. The fourth-order valence-corrected chi connectivity index (χ4v) is 2.04. The molecule has 1 unspecified atom stereocenters. The zero-order valence-electron chi connectivity index (χ0n) is 12.8. The molecule has 0 amide bonds. The summed E-state index contributed by atoms with van der Waals surface area (Å²) in [6.07, 6.45) is -7.19. The van der Waals surface area contributed by atoms with Gasteiger partial charge in [-0.1, -0.05) is 30.3 Å². The standard InChI is InChI=1S/C15H15F3N4O3/c16-15(17,18)12(8-4-2-1-3-5-8)25-11-7-9(21-14(20)22-11)6-10(19)13(23)24/h1-5,7,10,12H,6,19H2,(H,23,24)(H2,20,21,22)/t10-,12?/m0/s1. The van der Waals surface area contributed by atoms with Crippen LogP contribution < -0.4 is 16.2 Å².